The number of amides is 1. The maximum absolute atomic E-state index is 12.0. The Morgan fingerprint density at radius 3 is 3.00 bits per heavy atom. The molecule has 1 unspecified atom stereocenters. The van der Waals surface area contributed by atoms with E-state index in [1.807, 2.05) is 16.9 Å². The third-order valence-electron chi connectivity index (χ3n) is 3.30. The van der Waals surface area contributed by atoms with Gasteiger partial charge in [-0.05, 0) is 31.2 Å². The van der Waals surface area contributed by atoms with Crippen molar-refractivity contribution in [3.63, 3.8) is 0 Å². The summed E-state index contributed by atoms with van der Waals surface area (Å²) in [7, 11) is 1.55. The largest absolute Gasteiger partial charge is 0.495 e. The van der Waals surface area contributed by atoms with Crippen molar-refractivity contribution in [1.82, 2.24) is 15.1 Å². The van der Waals surface area contributed by atoms with Gasteiger partial charge >= 0.3 is 0 Å². The van der Waals surface area contributed by atoms with E-state index in [-0.39, 0.29) is 11.9 Å². The minimum absolute atomic E-state index is 0.0932. The van der Waals surface area contributed by atoms with Crippen LogP contribution in [0.2, 0.25) is 5.02 Å². The van der Waals surface area contributed by atoms with Crippen LogP contribution < -0.4 is 15.4 Å². The first-order valence-electron chi connectivity index (χ1n) is 7.42. The Hall–Kier alpha value is -2.05. The zero-order chi connectivity index (χ0) is 16.7. The van der Waals surface area contributed by atoms with Gasteiger partial charge in [-0.15, -0.1) is 0 Å². The lowest BCUT2D eigenvalue weighted by Gasteiger charge is -2.14. The number of benzene rings is 1. The van der Waals surface area contributed by atoms with E-state index in [0.29, 0.717) is 29.4 Å². The molecule has 0 spiro atoms. The number of halogens is 1. The number of nitrogens with zero attached hydrogens (tertiary/aromatic N) is 2. The Kier molecular flexibility index (Phi) is 6.43. The molecule has 2 rings (SSSR count). The Bertz CT molecular complexity index is 631. The molecule has 2 aromatic rings. The number of anilines is 1. The molecule has 1 aromatic heterocycles. The first kappa shape index (κ1) is 17.3. The molecule has 0 bridgehead atoms. The van der Waals surface area contributed by atoms with E-state index < -0.39 is 0 Å². The van der Waals surface area contributed by atoms with Crippen molar-refractivity contribution in [2.45, 2.75) is 25.9 Å². The fourth-order valence-corrected chi connectivity index (χ4v) is 2.35. The van der Waals surface area contributed by atoms with Crippen LogP contribution in [0.1, 0.15) is 13.3 Å². The summed E-state index contributed by atoms with van der Waals surface area (Å²) in [6, 6.07) is 7.23. The fourth-order valence-electron chi connectivity index (χ4n) is 2.18. The predicted octanol–water partition coefficient (Wildman–Crippen LogP) is 2.55. The number of methoxy groups -OCH3 is 1. The fraction of sp³-hybridized carbons (Fsp3) is 0.375. The molecule has 0 fully saturated rings. The third-order valence-corrected chi connectivity index (χ3v) is 3.54. The summed E-state index contributed by atoms with van der Waals surface area (Å²) in [5.74, 6) is 0.493. The van der Waals surface area contributed by atoms with Crippen LogP contribution in [0, 0.1) is 0 Å². The van der Waals surface area contributed by atoms with Crippen molar-refractivity contribution in [3.05, 3.63) is 41.7 Å². The highest BCUT2D eigenvalue weighted by Gasteiger charge is 2.09. The van der Waals surface area contributed by atoms with Crippen LogP contribution in [0.15, 0.2) is 36.7 Å². The summed E-state index contributed by atoms with van der Waals surface area (Å²) in [6.45, 7) is 3.40. The number of aromatic nitrogens is 2. The van der Waals surface area contributed by atoms with Crippen LogP contribution in [0.4, 0.5) is 5.69 Å². The van der Waals surface area contributed by atoms with E-state index in [1.165, 1.54) is 0 Å². The number of hydrogen-bond donors (Lipinski definition) is 2. The van der Waals surface area contributed by atoms with E-state index in [1.54, 1.807) is 31.5 Å². The first-order chi connectivity index (χ1) is 11.1. The van der Waals surface area contributed by atoms with Crippen molar-refractivity contribution in [2.75, 3.05) is 19.0 Å². The lowest BCUT2D eigenvalue weighted by atomic mass is 10.2. The Morgan fingerprint density at radius 1 is 1.48 bits per heavy atom. The molecule has 1 atom stereocenters. The van der Waals surface area contributed by atoms with Gasteiger partial charge in [0, 0.05) is 36.4 Å². The summed E-state index contributed by atoms with van der Waals surface area (Å²) in [4.78, 5) is 12.0. The van der Waals surface area contributed by atoms with Crippen LogP contribution in [0.25, 0.3) is 0 Å². The molecule has 7 heteroatoms. The molecule has 0 saturated heterocycles. The number of carbonyl (C=O) groups is 1. The van der Waals surface area contributed by atoms with E-state index >= 15 is 0 Å². The Labute approximate surface area is 140 Å². The Balaban J connectivity index is 1.76. The summed E-state index contributed by atoms with van der Waals surface area (Å²) >= 11 is 5.94. The van der Waals surface area contributed by atoms with Crippen LogP contribution in [-0.4, -0.2) is 35.4 Å². The second-order valence-corrected chi connectivity index (χ2v) is 5.66. The van der Waals surface area contributed by atoms with E-state index in [2.05, 4.69) is 22.7 Å². The van der Waals surface area contributed by atoms with Crippen molar-refractivity contribution in [1.29, 1.82) is 0 Å². The van der Waals surface area contributed by atoms with Gasteiger partial charge in [0.05, 0.1) is 19.3 Å². The first-order valence-corrected chi connectivity index (χ1v) is 7.80. The molecule has 124 valence electrons. The number of hydrogen-bond acceptors (Lipinski definition) is 4. The second-order valence-electron chi connectivity index (χ2n) is 5.23. The maximum Gasteiger partial charge on any atom is 0.225 e. The smallest absolute Gasteiger partial charge is 0.225 e. The van der Waals surface area contributed by atoms with E-state index in [4.69, 9.17) is 16.3 Å². The molecule has 0 aliphatic carbocycles. The van der Waals surface area contributed by atoms with E-state index in [0.717, 1.165) is 6.54 Å². The predicted molar refractivity (Wildman–Crippen MR) is 90.9 cm³/mol. The van der Waals surface area contributed by atoms with Gasteiger partial charge in [0.15, 0.2) is 0 Å². The van der Waals surface area contributed by atoms with Crippen molar-refractivity contribution in [2.24, 2.45) is 0 Å². The lowest BCUT2D eigenvalue weighted by molar-refractivity contribution is -0.116. The van der Waals surface area contributed by atoms with E-state index in [9.17, 15) is 4.79 Å². The van der Waals surface area contributed by atoms with Crippen molar-refractivity contribution < 1.29 is 9.53 Å². The molecule has 6 nitrogen and oxygen atoms in total. The van der Waals surface area contributed by atoms with Gasteiger partial charge in [0.1, 0.15) is 5.75 Å². The van der Waals surface area contributed by atoms with Gasteiger partial charge in [-0.25, -0.2) is 0 Å². The summed E-state index contributed by atoms with van der Waals surface area (Å²) in [5, 5.41) is 10.8. The van der Waals surface area contributed by atoms with Gasteiger partial charge in [0.2, 0.25) is 5.91 Å². The topological polar surface area (TPSA) is 68.2 Å². The zero-order valence-corrected chi connectivity index (χ0v) is 14.0. The molecule has 0 aliphatic heterocycles. The van der Waals surface area contributed by atoms with Crippen molar-refractivity contribution in [3.8, 4) is 5.75 Å². The SMILES string of the molecule is COc1ccc(Cl)cc1NC(=O)CCNC(C)Cn1cccn1. The summed E-state index contributed by atoms with van der Waals surface area (Å²) < 4.78 is 7.06. The monoisotopic (exact) mass is 336 g/mol. The molecule has 1 heterocycles. The number of ether oxygens (including phenoxy) is 1. The average molecular weight is 337 g/mol. The van der Waals surface area contributed by atoms with Gasteiger partial charge in [-0.1, -0.05) is 11.6 Å². The van der Waals surface area contributed by atoms with Crippen LogP contribution in [0.3, 0.4) is 0 Å². The molecule has 0 aliphatic rings. The van der Waals surface area contributed by atoms with Gasteiger partial charge in [-0.3, -0.25) is 9.48 Å². The molecule has 1 amide bonds. The standard InChI is InChI=1S/C16H21ClN4O2/c1-12(11-21-9-3-7-19-21)18-8-6-16(22)20-14-10-13(17)4-5-15(14)23-2/h3-5,7,9-10,12,18H,6,8,11H2,1-2H3,(H,20,22). The zero-order valence-electron chi connectivity index (χ0n) is 13.3. The molecule has 2 N–H and O–H groups in total. The maximum atomic E-state index is 12.0. The van der Waals surface area contributed by atoms with Gasteiger partial charge < -0.3 is 15.4 Å². The number of carbonyl (C=O) groups excluding carboxylic acids is 1. The summed E-state index contributed by atoms with van der Waals surface area (Å²) in [6.07, 6.45) is 4.02. The number of nitrogens with one attached hydrogen (secondary N) is 2. The number of rotatable bonds is 8. The Morgan fingerprint density at radius 2 is 2.30 bits per heavy atom. The van der Waals surface area contributed by atoms with Crippen LogP contribution >= 0.6 is 11.6 Å². The van der Waals surface area contributed by atoms with Crippen LogP contribution in [-0.2, 0) is 11.3 Å². The van der Waals surface area contributed by atoms with Gasteiger partial charge in [0.25, 0.3) is 0 Å². The lowest BCUT2D eigenvalue weighted by Crippen LogP contribution is -2.33. The van der Waals surface area contributed by atoms with Crippen molar-refractivity contribution >= 4 is 23.2 Å². The highest BCUT2D eigenvalue weighted by molar-refractivity contribution is 6.31. The third kappa shape index (κ3) is 5.58. The molecule has 0 radical (unpaired) electrons. The second kappa shape index (κ2) is 8.55. The molecular formula is C16H21ClN4O2. The highest BCUT2D eigenvalue weighted by atomic mass is 35.5. The molecular weight excluding hydrogens is 316 g/mol. The minimum Gasteiger partial charge on any atom is -0.495 e. The normalized spacial score (nSPS) is 12.0. The molecule has 1 aromatic carbocycles. The average Bonchev–Trinajstić information content (AvgIpc) is 3.00. The quantitative estimate of drug-likeness (QED) is 0.777. The molecule has 0 saturated carbocycles. The highest BCUT2D eigenvalue weighted by Crippen LogP contribution is 2.27. The summed E-state index contributed by atoms with van der Waals surface area (Å²) in [5.41, 5.74) is 0.578. The van der Waals surface area contributed by atoms with Crippen LogP contribution in [0.5, 0.6) is 5.75 Å². The van der Waals surface area contributed by atoms with Gasteiger partial charge in [-0.2, -0.15) is 5.10 Å². The minimum atomic E-state index is -0.0932. The molecule has 23 heavy (non-hydrogen) atoms.